The van der Waals surface area contributed by atoms with E-state index >= 15 is 0 Å². The largest absolute Gasteiger partial charge is 0.464 e. The first-order chi connectivity index (χ1) is 12.1. The van der Waals surface area contributed by atoms with Crippen LogP contribution in [0.3, 0.4) is 0 Å². The van der Waals surface area contributed by atoms with E-state index in [1.807, 2.05) is 43.3 Å². The van der Waals surface area contributed by atoms with Gasteiger partial charge in [0.1, 0.15) is 17.8 Å². The van der Waals surface area contributed by atoms with E-state index in [2.05, 4.69) is 20.3 Å². The molecule has 0 aliphatic carbocycles. The summed E-state index contributed by atoms with van der Waals surface area (Å²) in [6.07, 6.45) is 3.10. The zero-order valence-electron chi connectivity index (χ0n) is 14.3. The fourth-order valence-electron chi connectivity index (χ4n) is 2.30. The predicted octanol–water partition coefficient (Wildman–Crippen LogP) is 4.47. The first kappa shape index (κ1) is 16.6. The Morgan fingerprint density at radius 3 is 2.64 bits per heavy atom. The third kappa shape index (κ3) is 3.63. The van der Waals surface area contributed by atoms with Crippen molar-refractivity contribution in [2.24, 2.45) is 4.99 Å². The van der Waals surface area contributed by atoms with Gasteiger partial charge in [0.2, 0.25) is 0 Å². The lowest BCUT2D eigenvalue weighted by molar-refractivity contribution is -0.111. The summed E-state index contributed by atoms with van der Waals surface area (Å²) in [5.74, 6) is 1.19. The number of anilines is 2. The molecule has 0 atom stereocenters. The number of carbonyl (C=O) groups is 1. The molecule has 1 aromatic carbocycles. The summed E-state index contributed by atoms with van der Waals surface area (Å²) in [6.45, 7) is 4.99. The minimum Gasteiger partial charge on any atom is -0.464 e. The van der Waals surface area contributed by atoms with Crippen LogP contribution in [0.1, 0.15) is 19.5 Å². The van der Waals surface area contributed by atoms with Crippen LogP contribution in [0, 0.1) is 6.92 Å². The van der Waals surface area contributed by atoms with Crippen molar-refractivity contribution in [3.05, 3.63) is 54.7 Å². The van der Waals surface area contributed by atoms with Crippen molar-refractivity contribution in [2.75, 3.05) is 5.32 Å². The average Bonchev–Trinajstić information content (AvgIpc) is 3.12. The maximum Gasteiger partial charge on any atom is 0.173 e. The Morgan fingerprint density at radius 1 is 1.12 bits per heavy atom. The molecule has 0 aliphatic rings. The van der Waals surface area contributed by atoms with Gasteiger partial charge in [0.25, 0.3) is 0 Å². The van der Waals surface area contributed by atoms with E-state index < -0.39 is 0 Å². The number of aromatic nitrogens is 2. The van der Waals surface area contributed by atoms with Crippen molar-refractivity contribution in [1.29, 1.82) is 0 Å². The molecule has 3 aromatic rings. The quantitative estimate of drug-likeness (QED) is 0.696. The van der Waals surface area contributed by atoms with E-state index in [0.717, 1.165) is 17.0 Å². The van der Waals surface area contributed by atoms with Crippen molar-refractivity contribution < 1.29 is 9.21 Å². The molecule has 126 valence electrons. The number of rotatable bonds is 5. The Bertz CT molecular complexity index is 930. The van der Waals surface area contributed by atoms with E-state index in [1.165, 1.54) is 13.3 Å². The number of furan rings is 1. The van der Waals surface area contributed by atoms with Crippen LogP contribution in [-0.4, -0.2) is 21.5 Å². The maximum atomic E-state index is 11.5. The number of ketones is 1. The van der Waals surface area contributed by atoms with Crippen LogP contribution >= 0.6 is 0 Å². The van der Waals surface area contributed by atoms with E-state index in [1.54, 1.807) is 13.2 Å². The average molecular weight is 334 g/mol. The molecule has 1 N–H and O–H groups in total. The van der Waals surface area contributed by atoms with Crippen molar-refractivity contribution >= 4 is 28.7 Å². The van der Waals surface area contributed by atoms with Gasteiger partial charge in [-0.2, -0.15) is 0 Å². The first-order valence-corrected chi connectivity index (χ1v) is 7.84. The Balaban J connectivity index is 2.05. The first-order valence-electron chi connectivity index (χ1n) is 7.84. The molecule has 0 saturated heterocycles. The summed E-state index contributed by atoms with van der Waals surface area (Å²) < 4.78 is 5.50. The summed E-state index contributed by atoms with van der Waals surface area (Å²) in [6, 6.07) is 11.5. The third-order valence-electron chi connectivity index (χ3n) is 3.76. The molecule has 25 heavy (non-hydrogen) atoms. The van der Waals surface area contributed by atoms with E-state index in [-0.39, 0.29) is 5.78 Å². The molecule has 6 nitrogen and oxygen atoms in total. The van der Waals surface area contributed by atoms with Gasteiger partial charge in [-0.25, -0.2) is 15.0 Å². The highest BCUT2D eigenvalue weighted by atomic mass is 16.3. The number of benzene rings is 1. The van der Waals surface area contributed by atoms with Crippen LogP contribution in [0.25, 0.3) is 11.3 Å². The fourth-order valence-corrected chi connectivity index (χ4v) is 2.30. The van der Waals surface area contributed by atoms with Crippen LogP contribution in [0.15, 0.2) is 58.4 Å². The second-order valence-electron chi connectivity index (χ2n) is 5.56. The Hall–Kier alpha value is -3.28. The van der Waals surface area contributed by atoms with Crippen molar-refractivity contribution in [1.82, 2.24) is 9.97 Å². The fraction of sp³-hybridized carbons (Fsp3) is 0.158. The van der Waals surface area contributed by atoms with Gasteiger partial charge < -0.3 is 9.73 Å². The lowest BCUT2D eigenvalue weighted by atomic mass is 10.1. The zero-order chi connectivity index (χ0) is 17.8. The summed E-state index contributed by atoms with van der Waals surface area (Å²) >= 11 is 0. The molecule has 0 unspecified atom stereocenters. The van der Waals surface area contributed by atoms with Gasteiger partial charge in [0.05, 0.1) is 23.4 Å². The van der Waals surface area contributed by atoms with Gasteiger partial charge in [-0.15, -0.1) is 0 Å². The Kier molecular flexibility index (Phi) is 4.70. The Labute approximate surface area is 145 Å². The van der Waals surface area contributed by atoms with Crippen LogP contribution in [0.2, 0.25) is 0 Å². The monoisotopic (exact) mass is 334 g/mol. The van der Waals surface area contributed by atoms with Crippen LogP contribution in [0.4, 0.5) is 17.2 Å². The van der Waals surface area contributed by atoms with Crippen molar-refractivity contribution in [3.8, 4) is 11.3 Å². The van der Waals surface area contributed by atoms with E-state index in [4.69, 9.17) is 4.42 Å². The summed E-state index contributed by atoms with van der Waals surface area (Å²) in [5.41, 5.74) is 3.37. The minimum atomic E-state index is -0.0924. The topological polar surface area (TPSA) is 80.4 Å². The molecule has 2 heterocycles. The molecular weight excluding hydrogens is 316 g/mol. The normalized spacial score (nSPS) is 11.4. The van der Waals surface area contributed by atoms with Gasteiger partial charge in [-0.3, -0.25) is 4.79 Å². The molecule has 0 fully saturated rings. The highest BCUT2D eigenvalue weighted by molar-refractivity contribution is 6.38. The second-order valence-corrected chi connectivity index (χ2v) is 5.56. The molecule has 6 heteroatoms. The van der Waals surface area contributed by atoms with Crippen molar-refractivity contribution in [2.45, 2.75) is 20.8 Å². The number of Topliss-reactive ketones (excluding diaryl/α,β-unsaturated/α-hetero) is 1. The molecule has 3 rings (SSSR count). The number of aryl methyl sites for hydroxylation is 1. The van der Waals surface area contributed by atoms with Crippen LogP contribution in [-0.2, 0) is 4.79 Å². The highest BCUT2D eigenvalue weighted by Crippen LogP contribution is 2.33. The highest BCUT2D eigenvalue weighted by Gasteiger charge is 2.13. The molecule has 0 radical (unpaired) electrons. The molecule has 0 bridgehead atoms. The van der Waals surface area contributed by atoms with Gasteiger partial charge in [-0.1, -0.05) is 12.1 Å². The van der Waals surface area contributed by atoms with Gasteiger partial charge in [0, 0.05) is 12.5 Å². The van der Waals surface area contributed by atoms with Crippen molar-refractivity contribution in [3.63, 3.8) is 0 Å². The number of hydrogen-bond acceptors (Lipinski definition) is 6. The zero-order valence-corrected chi connectivity index (χ0v) is 14.3. The lowest BCUT2D eigenvalue weighted by Crippen LogP contribution is -2.05. The number of carbonyl (C=O) groups excluding carboxylic acids is 1. The van der Waals surface area contributed by atoms with Gasteiger partial charge >= 0.3 is 0 Å². The predicted molar refractivity (Wildman–Crippen MR) is 97.6 cm³/mol. The maximum absolute atomic E-state index is 11.5. The summed E-state index contributed by atoms with van der Waals surface area (Å²) in [7, 11) is 0. The molecule has 0 saturated carbocycles. The summed E-state index contributed by atoms with van der Waals surface area (Å²) in [5, 5.41) is 3.29. The summed E-state index contributed by atoms with van der Waals surface area (Å²) in [4.78, 5) is 24.4. The minimum absolute atomic E-state index is 0.0924. The molecule has 0 spiro atoms. The second kappa shape index (κ2) is 7.09. The standard InChI is InChI=1S/C19H18N4O2/c1-12(14(3)24)22-18-13(2)20-11-21-19(18)23-16-8-5-4-7-15(16)17-9-6-10-25-17/h4-11H,1-3H3,(H,20,21,23)/b22-12+. The molecular formula is C19H18N4O2. The van der Waals surface area contributed by atoms with Gasteiger partial charge in [0.15, 0.2) is 11.6 Å². The number of nitrogens with zero attached hydrogens (tertiary/aromatic N) is 3. The smallest absolute Gasteiger partial charge is 0.173 e. The molecule has 2 aromatic heterocycles. The number of aliphatic imine (C=N–C) groups is 1. The number of nitrogens with one attached hydrogen (secondary N) is 1. The van der Waals surface area contributed by atoms with Gasteiger partial charge in [-0.05, 0) is 38.1 Å². The number of hydrogen-bond donors (Lipinski definition) is 1. The van der Waals surface area contributed by atoms with E-state index in [9.17, 15) is 4.79 Å². The van der Waals surface area contributed by atoms with Crippen LogP contribution < -0.4 is 5.32 Å². The third-order valence-corrected chi connectivity index (χ3v) is 3.76. The Morgan fingerprint density at radius 2 is 1.92 bits per heavy atom. The molecule has 0 aliphatic heterocycles. The van der Waals surface area contributed by atoms with E-state index in [0.29, 0.717) is 22.9 Å². The lowest BCUT2D eigenvalue weighted by Gasteiger charge is -2.13. The van der Waals surface area contributed by atoms with Crippen LogP contribution in [0.5, 0.6) is 0 Å². The SMILES string of the molecule is CC(=O)/C(C)=N/c1c(C)ncnc1Nc1ccccc1-c1ccco1. The number of para-hydroxylation sites is 1. The molecule has 0 amide bonds.